The molecule has 2 heterocycles. The largest absolute Gasteiger partial charge is 0.348 e. The Balaban J connectivity index is 1.26. The van der Waals surface area contributed by atoms with Crippen LogP contribution in [0.5, 0.6) is 0 Å². The molecule has 0 radical (unpaired) electrons. The minimum Gasteiger partial charge on any atom is -0.348 e. The molecule has 1 amide bonds. The molecule has 1 aromatic heterocycles. The summed E-state index contributed by atoms with van der Waals surface area (Å²) >= 11 is 0. The van der Waals surface area contributed by atoms with E-state index < -0.39 is 0 Å². The number of imidazole rings is 1. The van der Waals surface area contributed by atoms with Gasteiger partial charge in [-0.1, -0.05) is 36.4 Å². The summed E-state index contributed by atoms with van der Waals surface area (Å²) in [5.74, 6) is -0.0574. The van der Waals surface area contributed by atoms with Crippen LogP contribution < -0.4 is 5.32 Å². The number of rotatable bonds is 6. The van der Waals surface area contributed by atoms with Crippen molar-refractivity contribution < 1.29 is 4.79 Å². The number of aromatic nitrogens is 2. The van der Waals surface area contributed by atoms with E-state index in [2.05, 4.69) is 33.4 Å². The summed E-state index contributed by atoms with van der Waals surface area (Å²) < 4.78 is 2.03. The maximum atomic E-state index is 12.7. The van der Waals surface area contributed by atoms with Crippen molar-refractivity contribution >= 4 is 16.9 Å². The Hall–Kier alpha value is -3.44. The second-order valence-electron chi connectivity index (χ2n) is 8.08. The highest BCUT2D eigenvalue weighted by atomic mass is 16.1. The number of carbonyl (C=O) groups is 1. The first-order valence-electron chi connectivity index (χ1n) is 10.9. The first-order chi connectivity index (χ1) is 15.3. The van der Waals surface area contributed by atoms with Crippen molar-refractivity contribution in [3.05, 3.63) is 95.8 Å². The van der Waals surface area contributed by atoms with Crippen LogP contribution in [-0.2, 0) is 13.1 Å². The van der Waals surface area contributed by atoms with Gasteiger partial charge in [-0.25, -0.2) is 4.98 Å². The van der Waals surface area contributed by atoms with Crippen LogP contribution in [0, 0.1) is 0 Å². The van der Waals surface area contributed by atoms with Gasteiger partial charge < -0.3 is 5.32 Å². The lowest BCUT2D eigenvalue weighted by Gasteiger charge is -2.17. The molecule has 5 rings (SSSR count). The topological polar surface area (TPSA) is 50.2 Å². The van der Waals surface area contributed by atoms with E-state index in [1.54, 1.807) is 0 Å². The summed E-state index contributed by atoms with van der Waals surface area (Å²) in [6, 6.07) is 24.1. The van der Waals surface area contributed by atoms with Crippen LogP contribution in [0.15, 0.2) is 79.1 Å². The Morgan fingerprint density at radius 1 is 0.871 bits per heavy atom. The molecule has 0 spiro atoms. The molecular formula is C26H26N4O. The zero-order chi connectivity index (χ0) is 21.0. The van der Waals surface area contributed by atoms with E-state index in [9.17, 15) is 4.79 Å². The molecule has 5 nitrogen and oxygen atoms in total. The molecular weight excluding hydrogens is 384 g/mol. The van der Waals surface area contributed by atoms with Gasteiger partial charge in [0.05, 0.1) is 11.0 Å². The number of likely N-dealkylation sites (tertiary alicyclic amines) is 1. The van der Waals surface area contributed by atoms with Crippen molar-refractivity contribution in [2.24, 2.45) is 0 Å². The zero-order valence-corrected chi connectivity index (χ0v) is 17.5. The Labute approximate surface area is 182 Å². The number of benzene rings is 3. The standard InChI is InChI=1S/C26H26N4O/c31-26(27-17-21-7-1-2-8-22(21)18-29-15-5-6-16-29)20-11-13-23(14-12-20)30-19-28-24-9-3-4-10-25(24)30/h1-4,7-14,19H,5-6,15-18H2,(H,27,31). The lowest BCUT2D eigenvalue weighted by atomic mass is 10.1. The summed E-state index contributed by atoms with van der Waals surface area (Å²) in [4.78, 5) is 19.7. The highest BCUT2D eigenvalue weighted by Gasteiger charge is 2.14. The smallest absolute Gasteiger partial charge is 0.251 e. The van der Waals surface area contributed by atoms with Gasteiger partial charge in [-0.15, -0.1) is 0 Å². The maximum absolute atomic E-state index is 12.7. The van der Waals surface area contributed by atoms with E-state index in [0.29, 0.717) is 12.1 Å². The lowest BCUT2D eigenvalue weighted by Crippen LogP contribution is -2.25. The molecule has 1 aliphatic rings. The Kier molecular flexibility index (Phi) is 5.50. The van der Waals surface area contributed by atoms with E-state index in [-0.39, 0.29) is 5.91 Å². The zero-order valence-electron chi connectivity index (χ0n) is 17.5. The van der Waals surface area contributed by atoms with Crippen molar-refractivity contribution in [2.75, 3.05) is 13.1 Å². The van der Waals surface area contributed by atoms with Crippen LogP contribution in [0.3, 0.4) is 0 Å². The number of hydrogen-bond donors (Lipinski definition) is 1. The van der Waals surface area contributed by atoms with Crippen LogP contribution in [0.25, 0.3) is 16.7 Å². The number of nitrogens with one attached hydrogen (secondary N) is 1. The highest BCUT2D eigenvalue weighted by molar-refractivity contribution is 5.94. The average Bonchev–Trinajstić information content (AvgIpc) is 3.48. The van der Waals surface area contributed by atoms with Crippen LogP contribution in [0.4, 0.5) is 0 Å². The summed E-state index contributed by atoms with van der Waals surface area (Å²) in [5.41, 5.74) is 6.13. The number of carbonyl (C=O) groups excluding carboxylic acids is 1. The third-order valence-electron chi connectivity index (χ3n) is 6.01. The number of para-hydroxylation sites is 2. The SMILES string of the molecule is O=C(NCc1ccccc1CN1CCCC1)c1ccc(-n2cnc3ccccc32)cc1. The molecule has 0 bridgehead atoms. The molecule has 0 atom stereocenters. The molecule has 1 N–H and O–H groups in total. The molecule has 156 valence electrons. The van der Waals surface area contributed by atoms with Crippen LogP contribution in [-0.4, -0.2) is 33.4 Å². The lowest BCUT2D eigenvalue weighted by molar-refractivity contribution is 0.0951. The Bertz CT molecular complexity index is 1190. The Morgan fingerprint density at radius 3 is 2.39 bits per heavy atom. The Morgan fingerprint density at radius 2 is 1.58 bits per heavy atom. The van der Waals surface area contributed by atoms with Crippen molar-refractivity contribution in [3.8, 4) is 5.69 Å². The van der Waals surface area contributed by atoms with Crippen molar-refractivity contribution in [1.29, 1.82) is 0 Å². The fraction of sp³-hybridized carbons (Fsp3) is 0.231. The molecule has 3 aromatic carbocycles. The third-order valence-corrected chi connectivity index (χ3v) is 6.01. The third kappa shape index (κ3) is 4.23. The van der Waals surface area contributed by atoms with Crippen molar-refractivity contribution in [3.63, 3.8) is 0 Å². The molecule has 0 unspecified atom stereocenters. The fourth-order valence-electron chi connectivity index (χ4n) is 4.28. The first-order valence-corrected chi connectivity index (χ1v) is 10.9. The van der Waals surface area contributed by atoms with Gasteiger partial charge in [-0.3, -0.25) is 14.3 Å². The van der Waals surface area contributed by atoms with Crippen LogP contribution in [0.2, 0.25) is 0 Å². The number of amides is 1. The number of nitrogens with zero attached hydrogens (tertiary/aromatic N) is 3. The normalized spacial score (nSPS) is 14.2. The van der Waals surface area contributed by atoms with Crippen molar-refractivity contribution in [1.82, 2.24) is 19.8 Å². The van der Waals surface area contributed by atoms with E-state index in [0.717, 1.165) is 23.3 Å². The molecule has 5 heteroatoms. The van der Waals surface area contributed by atoms with Gasteiger partial charge in [0.1, 0.15) is 6.33 Å². The molecule has 0 saturated carbocycles. The van der Waals surface area contributed by atoms with Gasteiger partial charge >= 0.3 is 0 Å². The molecule has 1 aliphatic heterocycles. The molecule has 1 fully saturated rings. The predicted molar refractivity (Wildman–Crippen MR) is 123 cm³/mol. The second kappa shape index (κ2) is 8.74. The predicted octanol–water partition coefficient (Wildman–Crippen LogP) is 4.55. The van der Waals surface area contributed by atoms with Crippen LogP contribution in [0.1, 0.15) is 34.3 Å². The maximum Gasteiger partial charge on any atom is 0.251 e. The van der Waals surface area contributed by atoms with Crippen LogP contribution >= 0.6 is 0 Å². The summed E-state index contributed by atoms with van der Waals surface area (Å²) in [6.07, 6.45) is 4.38. The molecule has 0 aliphatic carbocycles. The summed E-state index contributed by atoms with van der Waals surface area (Å²) in [6.45, 7) is 3.83. The summed E-state index contributed by atoms with van der Waals surface area (Å²) in [7, 11) is 0. The number of hydrogen-bond acceptors (Lipinski definition) is 3. The van der Waals surface area contributed by atoms with E-state index in [4.69, 9.17) is 0 Å². The summed E-state index contributed by atoms with van der Waals surface area (Å²) in [5, 5.41) is 3.09. The van der Waals surface area contributed by atoms with Gasteiger partial charge in [0, 0.05) is 24.3 Å². The fourth-order valence-corrected chi connectivity index (χ4v) is 4.28. The molecule has 1 saturated heterocycles. The molecule has 4 aromatic rings. The monoisotopic (exact) mass is 410 g/mol. The van der Waals surface area contributed by atoms with E-state index in [1.807, 2.05) is 65.5 Å². The highest BCUT2D eigenvalue weighted by Crippen LogP contribution is 2.19. The van der Waals surface area contributed by atoms with Gasteiger partial charge in [0.2, 0.25) is 0 Å². The van der Waals surface area contributed by atoms with E-state index in [1.165, 1.54) is 37.1 Å². The average molecular weight is 411 g/mol. The number of fused-ring (bicyclic) bond motifs is 1. The minimum atomic E-state index is -0.0574. The first kappa shape index (κ1) is 19.5. The quantitative estimate of drug-likeness (QED) is 0.507. The second-order valence-corrected chi connectivity index (χ2v) is 8.08. The van der Waals surface area contributed by atoms with Gasteiger partial charge in [-0.2, -0.15) is 0 Å². The van der Waals surface area contributed by atoms with Gasteiger partial charge in [0.25, 0.3) is 5.91 Å². The minimum absolute atomic E-state index is 0.0574. The van der Waals surface area contributed by atoms with Gasteiger partial charge in [0.15, 0.2) is 0 Å². The van der Waals surface area contributed by atoms with Gasteiger partial charge in [-0.05, 0) is 73.5 Å². The van der Waals surface area contributed by atoms with E-state index >= 15 is 0 Å². The van der Waals surface area contributed by atoms with Crippen molar-refractivity contribution in [2.45, 2.75) is 25.9 Å². The molecule has 31 heavy (non-hydrogen) atoms.